The Morgan fingerprint density at radius 3 is 3.00 bits per heavy atom. The molecule has 0 aliphatic carbocycles. The third kappa shape index (κ3) is 2.18. The molecule has 0 N–H and O–H groups in total. The standard InChI is InChI=1S/C14H12N2O3S/c1-2-19-12(17)8-16-13-11(20-14(16)18)7-9-5-3-4-6-10(9)15-13/h3-7H,2,8H2,1H3. The fraction of sp³-hybridized carbons (Fsp3) is 0.214. The lowest BCUT2D eigenvalue weighted by molar-refractivity contribution is -0.143. The third-order valence-electron chi connectivity index (χ3n) is 2.94. The average molecular weight is 288 g/mol. The number of hydrogen-bond donors (Lipinski definition) is 0. The molecule has 3 rings (SSSR count). The van der Waals surface area contributed by atoms with Gasteiger partial charge in [-0.3, -0.25) is 14.2 Å². The maximum atomic E-state index is 12.0. The van der Waals surface area contributed by atoms with E-state index in [1.54, 1.807) is 6.92 Å². The van der Waals surface area contributed by atoms with Gasteiger partial charge in [-0.05, 0) is 19.1 Å². The highest BCUT2D eigenvalue weighted by Gasteiger charge is 2.13. The van der Waals surface area contributed by atoms with Gasteiger partial charge in [0.05, 0.1) is 16.8 Å². The number of carbonyl (C=O) groups is 1. The molecule has 0 aliphatic heterocycles. The topological polar surface area (TPSA) is 61.2 Å². The SMILES string of the molecule is CCOC(=O)Cn1c(=O)sc2cc3ccccc3nc21. The number of para-hydroxylation sites is 1. The van der Waals surface area contributed by atoms with Crippen molar-refractivity contribution in [1.82, 2.24) is 9.55 Å². The molecule has 0 saturated heterocycles. The van der Waals surface area contributed by atoms with Crippen molar-refractivity contribution in [3.8, 4) is 0 Å². The molecule has 1 aromatic carbocycles. The molecule has 0 atom stereocenters. The molecule has 102 valence electrons. The van der Waals surface area contributed by atoms with E-state index in [-0.39, 0.29) is 11.4 Å². The number of rotatable bonds is 3. The zero-order valence-corrected chi connectivity index (χ0v) is 11.6. The van der Waals surface area contributed by atoms with E-state index in [2.05, 4.69) is 4.98 Å². The van der Waals surface area contributed by atoms with E-state index < -0.39 is 5.97 Å². The summed E-state index contributed by atoms with van der Waals surface area (Å²) in [4.78, 5) is 27.8. The van der Waals surface area contributed by atoms with Gasteiger partial charge in [0, 0.05) is 5.39 Å². The Morgan fingerprint density at radius 1 is 1.40 bits per heavy atom. The quantitative estimate of drug-likeness (QED) is 0.693. The third-order valence-corrected chi connectivity index (χ3v) is 3.85. The first-order valence-electron chi connectivity index (χ1n) is 6.24. The van der Waals surface area contributed by atoms with Crippen molar-refractivity contribution in [3.05, 3.63) is 40.0 Å². The molecule has 2 heterocycles. The second-order valence-electron chi connectivity index (χ2n) is 4.26. The normalized spacial score (nSPS) is 11.1. The van der Waals surface area contributed by atoms with Crippen molar-refractivity contribution in [2.75, 3.05) is 6.61 Å². The zero-order chi connectivity index (χ0) is 14.1. The summed E-state index contributed by atoms with van der Waals surface area (Å²) >= 11 is 1.09. The number of benzene rings is 1. The van der Waals surface area contributed by atoms with E-state index in [4.69, 9.17) is 4.74 Å². The fourth-order valence-electron chi connectivity index (χ4n) is 2.07. The number of hydrogen-bond acceptors (Lipinski definition) is 5. The molecule has 0 bridgehead atoms. The number of ether oxygens (including phenoxy) is 1. The van der Waals surface area contributed by atoms with E-state index in [0.29, 0.717) is 12.3 Å². The summed E-state index contributed by atoms with van der Waals surface area (Å²) in [7, 11) is 0. The maximum Gasteiger partial charge on any atom is 0.326 e. The van der Waals surface area contributed by atoms with Gasteiger partial charge in [-0.1, -0.05) is 29.5 Å². The molecule has 0 spiro atoms. The predicted molar refractivity (Wildman–Crippen MR) is 78.0 cm³/mol. The van der Waals surface area contributed by atoms with E-state index >= 15 is 0 Å². The Kier molecular flexibility index (Phi) is 3.23. The van der Waals surface area contributed by atoms with Crippen LogP contribution < -0.4 is 4.87 Å². The molecule has 0 unspecified atom stereocenters. The fourth-order valence-corrected chi connectivity index (χ4v) is 2.95. The Bertz CT molecular complexity index is 850. The molecule has 0 aliphatic rings. The lowest BCUT2D eigenvalue weighted by atomic mass is 10.2. The van der Waals surface area contributed by atoms with Crippen LogP contribution in [0.15, 0.2) is 35.1 Å². The summed E-state index contributed by atoms with van der Waals surface area (Å²) < 4.78 is 7.03. The summed E-state index contributed by atoms with van der Waals surface area (Å²) in [5, 5.41) is 0.976. The van der Waals surface area contributed by atoms with E-state index in [1.165, 1.54) is 4.57 Å². The Balaban J connectivity index is 2.16. The largest absolute Gasteiger partial charge is 0.465 e. The van der Waals surface area contributed by atoms with Crippen molar-refractivity contribution in [2.24, 2.45) is 0 Å². The maximum absolute atomic E-state index is 12.0. The molecule has 5 nitrogen and oxygen atoms in total. The average Bonchev–Trinajstić information content (AvgIpc) is 2.72. The number of pyridine rings is 1. The Hall–Kier alpha value is -2.21. The highest BCUT2D eigenvalue weighted by atomic mass is 32.1. The Labute approximate surface area is 118 Å². The van der Waals surface area contributed by atoms with E-state index in [9.17, 15) is 9.59 Å². The van der Waals surface area contributed by atoms with Crippen LogP contribution in [0.1, 0.15) is 6.92 Å². The summed E-state index contributed by atoms with van der Waals surface area (Å²) in [5.41, 5.74) is 1.34. The highest BCUT2D eigenvalue weighted by Crippen LogP contribution is 2.21. The zero-order valence-electron chi connectivity index (χ0n) is 10.8. The minimum absolute atomic E-state index is 0.0992. The van der Waals surface area contributed by atoms with E-state index in [1.807, 2.05) is 30.3 Å². The van der Waals surface area contributed by atoms with Crippen LogP contribution in [-0.2, 0) is 16.1 Å². The molecule has 0 radical (unpaired) electrons. The molecule has 2 aromatic heterocycles. The van der Waals surface area contributed by atoms with Crippen LogP contribution in [0.2, 0.25) is 0 Å². The Morgan fingerprint density at radius 2 is 2.20 bits per heavy atom. The van der Waals surface area contributed by atoms with Crippen molar-refractivity contribution in [3.63, 3.8) is 0 Å². The van der Waals surface area contributed by atoms with Crippen LogP contribution in [0.5, 0.6) is 0 Å². The molecule has 0 saturated carbocycles. The van der Waals surface area contributed by atoms with Gasteiger partial charge in [-0.25, -0.2) is 4.98 Å². The van der Waals surface area contributed by atoms with E-state index in [0.717, 1.165) is 26.9 Å². The summed E-state index contributed by atoms with van der Waals surface area (Å²) in [6.45, 7) is 1.93. The van der Waals surface area contributed by atoms with Crippen molar-refractivity contribution >= 4 is 38.6 Å². The summed E-state index contributed by atoms with van der Waals surface area (Å²) in [6.07, 6.45) is 0. The predicted octanol–water partition coefficient (Wildman–Crippen LogP) is 2.17. The molecular formula is C14H12N2O3S. The van der Waals surface area contributed by atoms with Crippen LogP contribution in [0.25, 0.3) is 21.3 Å². The number of thiazole rings is 1. The van der Waals surface area contributed by atoms with Crippen LogP contribution in [0.4, 0.5) is 0 Å². The van der Waals surface area contributed by atoms with Crippen LogP contribution in [0, 0.1) is 0 Å². The van der Waals surface area contributed by atoms with Crippen LogP contribution in [0.3, 0.4) is 0 Å². The number of carbonyl (C=O) groups excluding carboxylic acids is 1. The van der Waals surface area contributed by atoms with Gasteiger partial charge in [0.2, 0.25) is 0 Å². The first kappa shape index (κ1) is 12.8. The molecule has 3 aromatic rings. The van der Waals surface area contributed by atoms with Gasteiger partial charge in [0.1, 0.15) is 6.54 Å². The first-order valence-corrected chi connectivity index (χ1v) is 7.05. The summed E-state index contributed by atoms with van der Waals surface area (Å²) in [5.74, 6) is -0.427. The highest BCUT2D eigenvalue weighted by molar-refractivity contribution is 7.16. The number of aromatic nitrogens is 2. The minimum atomic E-state index is -0.427. The molecule has 6 heteroatoms. The van der Waals surface area contributed by atoms with Gasteiger partial charge in [0.25, 0.3) is 0 Å². The first-order chi connectivity index (χ1) is 9.69. The summed E-state index contributed by atoms with van der Waals surface area (Å²) in [6, 6.07) is 9.56. The number of nitrogens with zero attached hydrogens (tertiary/aromatic N) is 2. The van der Waals surface area contributed by atoms with Gasteiger partial charge < -0.3 is 4.74 Å². The lowest BCUT2D eigenvalue weighted by Gasteiger charge is -2.03. The number of esters is 1. The molecule has 20 heavy (non-hydrogen) atoms. The number of fused-ring (bicyclic) bond motifs is 2. The van der Waals surface area contributed by atoms with Crippen molar-refractivity contribution < 1.29 is 9.53 Å². The van der Waals surface area contributed by atoms with Crippen molar-refractivity contribution in [1.29, 1.82) is 0 Å². The smallest absolute Gasteiger partial charge is 0.326 e. The van der Waals surface area contributed by atoms with Crippen molar-refractivity contribution in [2.45, 2.75) is 13.5 Å². The monoisotopic (exact) mass is 288 g/mol. The van der Waals surface area contributed by atoms with Crippen LogP contribution >= 0.6 is 11.3 Å². The second-order valence-corrected chi connectivity index (χ2v) is 5.26. The molecular weight excluding hydrogens is 276 g/mol. The second kappa shape index (κ2) is 5.05. The van der Waals surface area contributed by atoms with Gasteiger partial charge >= 0.3 is 10.8 Å². The minimum Gasteiger partial charge on any atom is -0.465 e. The van der Waals surface area contributed by atoms with Gasteiger partial charge in [-0.15, -0.1) is 0 Å². The lowest BCUT2D eigenvalue weighted by Crippen LogP contribution is -2.21. The molecule has 0 fully saturated rings. The van der Waals surface area contributed by atoms with Gasteiger partial charge in [-0.2, -0.15) is 0 Å². The van der Waals surface area contributed by atoms with Gasteiger partial charge in [0.15, 0.2) is 5.65 Å². The van der Waals surface area contributed by atoms with Crippen LogP contribution in [-0.4, -0.2) is 22.1 Å². The molecule has 0 amide bonds.